The second-order valence-corrected chi connectivity index (χ2v) is 7.83. The highest BCUT2D eigenvalue weighted by Crippen LogP contribution is 2.27. The lowest BCUT2D eigenvalue weighted by Gasteiger charge is -2.35. The van der Waals surface area contributed by atoms with E-state index in [4.69, 9.17) is 0 Å². The van der Waals surface area contributed by atoms with E-state index in [0.29, 0.717) is 6.04 Å². The number of nitrogens with zero attached hydrogens (tertiary/aromatic N) is 2. The van der Waals surface area contributed by atoms with Gasteiger partial charge in [0.05, 0.1) is 11.3 Å². The van der Waals surface area contributed by atoms with E-state index in [1.807, 2.05) is 17.8 Å². The average Bonchev–Trinajstić information content (AvgIpc) is 2.45. The number of anilines is 1. The molecule has 0 radical (unpaired) electrons. The standard InChI is InChI=1S/C17H25N3S/c1-13-12-21-8-7-20(13)16-6-5-14(9-15(16)10-18)11-19-17(2,3)4/h5-6,9,13,19H,7-8,11-12H2,1-4H3. The van der Waals surface area contributed by atoms with Crippen LogP contribution in [0.1, 0.15) is 38.8 Å². The first-order valence-corrected chi connectivity index (χ1v) is 8.68. The number of hydrogen-bond acceptors (Lipinski definition) is 4. The van der Waals surface area contributed by atoms with Crippen molar-refractivity contribution in [2.45, 2.75) is 45.8 Å². The second kappa shape index (κ2) is 6.72. The Bertz CT molecular complexity index is 528. The Morgan fingerprint density at radius 1 is 1.43 bits per heavy atom. The Balaban J connectivity index is 2.18. The Hall–Kier alpha value is -1.18. The van der Waals surface area contributed by atoms with Crippen LogP contribution in [0.2, 0.25) is 0 Å². The van der Waals surface area contributed by atoms with Gasteiger partial charge >= 0.3 is 0 Å². The van der Waals surface area contributed by atoms with Crippen molar-refractivity contribution >= 4 is 17.4 Å². The molecular weight excluding hydrogens is 278 g/mol. The summed E-state index contributed by atoms with van der Waals surface area (Å²) in [4.78, 5) is 2.37. The van der Waals surface area contributed by atoms with Crippen molar-refractivity contribution in [3.05, 3.63) is 29.3 Å². The fourth-order valence-corrected chi connectivity index (χ4v) is 3.50. The summed E-state index contributed by atoms with van der Waals surface area (Å²) in [6.07, 6.45) is 0. The number of benzene rings is 1. The highest BCUT2D eigenvalue weighted by molar-refractivity contribution is 7.99. The lowest BCUT2D eigenvalue weighted by Crippen LogP contribution is -2.40. The molecule has 1 N–H and O–H groups in total. The molecule has 0 saturated carbocycles. The molecule has 0 spiro atoms. The first-order chi connectivity index (χ1) is 9.90. The normalized spacial score (nSPS) is 19.4. The van der Waals surface area contributed by atoms with Crippen molar-refractivity contribution in [2.75, 3.05) is 23.0 Å². The highest BCUT2D eigenvalue weighted by Gasteiger charge is 2.21. The van der Waals surface area contributed by atoms with Crippen LogP contribution in [0.3, 0.4) is 0 Å². The van der Waals surface area contributed by atoms with Crippen LogP contribution in [-0.4, -0.2) is 29.6 Å². The third-order valence-corrected chi connectivity index (χ3v) is 4.87. The topological polar surface area (TPSA) is 39.1 Å². The van der Waals surface area contributed by atoms with Crippen molar-refractivity contribution in [3.8, 4) is 6.07 Å². The van der Waals surface area contributed by atoms with Gasteiger partial charge in [0.15, 0.2) is 0 Å². The summed E-state index contributed by atoms with van der Waals surface area (Å²) in [6.45, 7) is 10.5. The van der Waals surface area contributed by atoms with Crippen LogP contribution < -0.4 is 10.2 Å². The van der Waals surface area contributed by atoms with Crippen LogP contribution in [0.5, 0.6) is 0 Å². The molecule has 1 saturated heterocycles. The molecule has 114 valence electrons. The van der Waals surface area contributed by atoms with Gasteiger partial charge in [0.2, 0.25) is 0 Å². The van der Waals surface area contributed by atoms with Gasteiger partial charge in [0, 0.05) is 36.2 Å². The molecule has 1 fully saturated rings. The first-order valence-electron chi connectivity index (χ1n) is 7.53. The summed E-state index contributed by atoms with van der Waals surface area (Å²) >= 11 is 1.99. The van der Waals surface area contributed by atoms with E-state index in [1.165, 1.54) is 5.56 Å². The van der Waals surface area contributed by atoms with Gasteiger partial charge in [-0.3, -0.25) is 0 Å². The molecule has 1 aliphatic heterocycles. The molecule has 0 amide bonds. The number of rotatable bonds is 3. The molecule has 3 nitrogen and oxygen atoms in total. The molecule has 1 aromatic rings. The zero-order valence-electron chi connectivity index (χ0n) is 13.4. The van der Waals surface area contributed by atoms with Crippen molar-refractivity contribution < 1.29 is 0 Å². The van der Waals surface area contributed by atoms with Gasteiger partial charge in [-0.25, -0.2) is 0 Å². The van der Waals surface area contributed by atoms with Crippen molar-refractivity contribution in [1.29, 1.82) is 5.26 Å². The summed E-state index contributed by atoms with van der Waals surface area (Å²) in [5.74, 6) is 2.28. The van der Waals surface area contributed by atoms with E-state index in [1.54, 1.807) is 0 Å². The molecule has 4 heteroatoms. The third kappa shape index (κ3) is 4.39. The molecule has 1 atom stereocenters. The molecule has 2 rings (SSSR count). The average molecular weight is 303 g/mol. The molecule has 0 bridgehead atoms. The smallest absolute Gasteiger partial charge is 0.101 e. The molecule has 1 aliphatic rings. The summed E-state index contributed by atoms with van der Waals surface area (Å²) in [5.41, 5.74) is 3.14. The Morgan fingerprint density at radius 2 is 2.19 bits per heavy atom. The summed E-state index contributed by atoms with van der Waals surface area (Å²) in [7, 11) is 0. The maximum atomic E-state index is 9.49. The summed E-state index contributed by atoms with van der Waals surface area (Å²) < 4.78 is 0. The van der Waals surface area contributed by atoms with Crippen LogP contribution >= 0.6 is 11.8 Å². The zero-order chi connectivity index (χ0) is 15.5. The lowest BCUT2D eigenvalue weighted by atomic mass is 10.0. The van der Waals surface area contributed by atoms with Crippen LogP contribution in [0.25, 0.3) is 0 Å². The number of thioether (sulfide) groups is 1. The monoisotopic (exact) mass is 303 g/mol. The molecular formula is C17H25N3S. The van der Waals surface area contributed by atoms with Crippen LogP contribution in [0.15, 0.2) is 18.2 Å². The fraction of sp³-hybridized carbons (Fsp3) is 0.588. The third-order valence-electron chi connectivity index (χ3n) is 3.68. The molecule has 1 aromatic carbocycles. The van der Waals surface area contributed by atoms with E-state index < -0.39 is 0 Å². The van der Waals surface area contributed by atoms with Gasteiger partial charge in [-0.15, -0.1) is 0 Å². The molecule has 21 heavy (non-hydrogen) atoms. The van der Waals surface area contributed by atoms with Crippen molar-refractivity contribution in [1.82, 2.24) is 5.32 Å². The second-order valence-electron chi connectivity index (χ2n) is 6.68. The number of nitrogens with one attached hydrogen (secondary N) is 1. The van der Waals surface area contributed by atoms with Crippen LogP contribution in [-0.2, 0) is 6.54 Å². The fourth-order valence-electron chi connectivity index (χ4n) is 2.49. The Labute approximate surface area is 132 Å². The van der Waals surface area contributed by atoms with E-state index in [-0.39, 0.29) is 5.54 Å². The van der Waals surface area contributed by atoms with Crippen molar-refractivity contribution in [2.24, 2.45) is 0 Å². The van der Waals surface area contributed by atoms with Gasteiger partial charge < -0.3 is 10.2 Å². The number of nitriles is 1. The Kier molecular flexibility index (Phi) is 5.18. The summed E-state index contributed by atoms with van der Waals surface area (Å²) in [6, 6.07) is 9.16. The summed E-state index contributed by atoms with van der Waals surface area (Å²) in [5, 5.41) is 13.0. The van der Waals surface area contributed by atoms with Crippen LogP contribution in [0, 0.1) is 11.3 Å². The van der Waals surface area contributed by atoms with Gasteiger partial charge in [0.25, 0.3) is 0 Å². The van der Waals surface area contributed by atoms with E-state index in [0.717, 1.165) is 35.8 Å². The highest BCUT2D eigenvalue weighted by atomic mass is 32.2. The molecule has 0 aromatic heterocycles. The largest absolute Gasteiger partial charge is 0.366 e. The first kappa shape index (κ1) is 16.2. The SMILES string of the molecule is CC1CSCCN1c1ccc(CNC(C)(C)C)cc1C#N. The Morgan fingerprint density at radius 3 is 2.81 bits per heavy atom. The quantitative estimate of drug-likeness (QED) is 0.929. The zero-order valence-corrected chi connectivity index (χ0v) is 14.3. The predicted octanol–water partition coefficient (Wildman–Crippen LogP) is 3.39. The van der Waals surface area contributed by atoms with Crippen LogP contribution in [0.4, 0.5) is 5.69 Å². The van der Waals surface area contributed by atoms with E-state index in [9.17, 15) is 5.26 Å². The number of hydrogen-bond donors (Lipinski definition) is 1. The van der Waals surface area contributed by atoms with Gasteiger partial charge in [-0.2, -0.15) is 17.0 Å². The maximum absolute atomic E-state index is 9.49. The minimum atomic E-state index is 0.0874. The molecule has 0 aliphatic carbocycles. The van der Waals surface area contributed by atoms with E-state index in [2.05, 4.69) is 56.1 Å². The van der Waals surface area contributed by atoms with Gasteiger partial charge in [0.1, 0.15) is 6.07 Å². The van der Waals surface area contributed by atoms with Crippen molar-refractivity contribution in [3.63, 3.8) is 0 Å². The molecule has 1 heterocycles. The van der Waals surface area contributed by atoms with E-state index >= 15 is 0 Å². The minimum Gasteiger partial charge on any atom is -0.366 e. The van der Waals surface area contributed by atoms with Gasteiger partial charge in [-0.1, -0.05) is 6.07 Å². The molecule has 1 unspecified atom stereocenters. The maximum Gasteiger partial charge on any atom is 0.101 e. The predicted molar refractivity (Wildman–Crippen MR) is 91.9 cm³/mol. The minimum absolute atomic E-state index is 0.0874. The lowest BCUT2D eigenvalue weighted by molar-refractivity contribution is 0.424. The van der Waals surface area contributed by atoms with Gasteiger partial charge in [-0.05, 0) is 45.4 Å².